The summed E-state index contributed by atoms with van der Waals surface area (Å²) in [6.07, 6.45) is 4.59. The highest BCUT2D eigenvalue weighted by Crippen LogP contribution is 2.38. The maximum absolute atomic E-state index is 9.95. The summed E-state index contributed by atoms with van der Waals surface area (Å²) in [4.78, 5) is 0. The SMILES string of the molecule is Cc1nn(CCC2CCCC2(CO)NC(C)C)c(C)c1C. The monoisotopic (exact) mass is 293 g/mol. The van der Waals surface area contributed by atoms with Gasteiger partial charge in [0.15, 0.2) is 0 Å². The number of aliphatic hydroxyl groups excluding tert-OH is 1. The van der Waals surface area contributed by atoms with Crippen LogP contribution in [0.2, 0.25) is 0 Å². The van der Waals surface area contributed by atoms with Gasteiger partial charge in [-0.2, -0.15) is 5.10 Å². The smallest absolute Gasteiger partial charge is 0.0625 e. The predicted octanol–water partition coefficient (Wildman–Crippen LogP) is 2.73. The molecule has 1 fully saturated rings. The first-order valence-corrected chi connectivity index (χ1v) is 8.29. The molecule has 1 saturated carbocycles. The van der Waals surface area contributed by atoms with E-state index in [-0.39, 0.29) is 12.1 Å². The molecule has 120 valence electrons. The second-order valence-corrected chi connectivity index (χ2v) is 7.01. The third-order valence-electron chi connectivity index (χ3n) is 5.25. The molecule has 2 N–H and O–H groups in total. The van der Waals surface area contributed by atoms with Crippen molar-refractivity contribution in [3.63, 3.8) is 0 Å². The number of aromatic nitrogens is 2. The molecule has 1 heterocycles. The first-order valence-electron chi connectivity index (χ1n) is 8.29. The molecule has 1 aliphatic rings. The molecule has 0 aromatic carbocycles. The van der Waals surface area contributed by atoms with E-state index in [1.165, 1.54) is 24.1 Å². The Bertz CT molecular complexity index is 481. The molecule has 0 bridgehead atoms. The van der Waals surface area contributed by atoms with Crippen molar-refractivity contribution in [2.45, 2.75) is 78.4 Å². The lowest BCUT2D eigenvalue weighted by atomic mass is 9.84. The summed E-state index contributed by atoms with van der Waals surface area (Å²) >= 11 is 0. The van der Waals surface area contributed by atoms with Crippen molar-refractivity contribution in [3.8, 4) is 0 Å². The summed E-state index contributed by atoms with van der Waals surface area (Å²) < 4.78 is 2.14. The molecular weight excluding hydrogens is 262 g/mol. The van der Waals surface area contributed by atoms with Crippen LogP contribution in [0.4, 0.5) is 0 Å². The van der Waals surface area contributed by atoms with E-state index in [1.54, 1.807) is 0 Å². The van der Waals surface area contributed by atoms with E-state index in [0.29, 0.717) is 12.0 Å². The second-order valence-electron chi connectivity index (χ2n) is 7.01. The summed E-state index contributed by atoms with van der Waals surface area (Å²) in [6.45, 7) is 11.9. The van der Waals surface area contributed by atoms with Gasteiger partial charge in [-0.15, -0.1) is 0 Å². The van der Waals surface area contributed by atoms with Gasteiger partial charge >= 0.3 is 0 Å². The Kier molecular flexibility index (Phi) is 5.10. The molecule has 4 nitrogen and oxygen atoms in total. The minimum Gasteiger partial charge on any atom is -0.394 e. The highest BCUT2D eigenvalue weighted by Gasteiger charge is 2.42. The van der Waals surface area contributed by atoms with Crippen LogP contribution in [0.3, 0.4) is 0 Å². The van der Waals surface area contributed by atoms with Crippen molar-refractivity contribution in [2.24, 2.45) is 5.92 Å². The Hall–Kier alpha value is -0.870. The first-order chi connectivity index (χ1) is 9.89. The minimum atomic E-state index is -0.0840. The lowest BCUT2D eigenvalue weighted by Gasteiger charge is -2.37. The Morgan fingerprint density at radius 3 is 2.62 bits per heavy atom. The topological polar surface area (TPSA) is 50.1 Å². The number of hydrogen-bond acceptors (Lipinski definition) is 3. The summed E-state index contributed by atoms with van der Waals surface area (Å²) in [7, 11) is 0. The van der Waals surface area contributed by atoms with Gasteiger partial charge in [-0.05, 0) is 51.5 Å². The van der Waals surface area contributed by atoms with E-state index in [1.807, 2.05) is 0 Å². The zero-order valence-electron chi connectivity index (χ0n) is 14.2. The molecule has 1 aromatic rings. The van der Waals surface area contributed by atoms with Crippen LogP contribution >= 0.6 is 0 Å². The summed E-state index contributed by atoms with van der Waals surface area (Å²) in [6, 6.07) is 0.411. The second kappa shape index (κ2) is 6.49. The number of aryl methyl sites for hydroxylation is 2. The Morgan fingerprint density at radius 2 is 2.10 bits per heavy atom. The van der Waals surface area contributed by atoms with E-state index in [2.05, 4.69) is 49.7 Å². The molecule has 1 aromatic heterocycles. The third kappa shape index (κ3) is 3.32. The van der Waals surface area contributed by atoms with Crippen LogP contribution in [0, 0.1) is 26.7 Å². The zero-order chi connectivity index (χ0) is 15.6. The van der Waals surface area contributed by atoms with Crippen LogP contribution in [-0.2, 0) is 6.54 Å². The number of nitrogens with zero attached hydrogens (tertiary/aromatic N) is 2. The lowest BCUT2D eigenvalue weighted by molar-refractivity contribution is 0.108. The highest BCUT2D eigenvalue weighted by molar-refractivity contribution is 5.22. The van der Waals surface area contributed by atoms with Crippen molar-refractivity contribution in [2.75, 3.05) is 6.61 Å². The van der Waals surface area contributed by atoms with Crippen LogP contribution in [0.15, 0.2) is 0 Å². The number of nitrogens with one attached hydrogen (secondary N) is 1. The van der Waals surface area contributed by atoms with Gasteiger partial charge in [0.05, 0.1) is 12.3 Å². The summed E-state index contributed by atoms with van der Waals surface area (Å²) in [5, 5.41) is 18.2. The van der Waals surface area contributed by atoms with Crippen LogP contribution in [0.5, 0.6) is 0 Å². The van der Waals surface area contributed by atoms with E-state index in [4.69, 9.17) is 0 Å². The van der Waals surface area contributed by atoms with Crippen molar-refractivity contribution < 1.29 is 5.11 Å². The van der Waals surface area contributed by atoms with Gasteiger partial charge < -0.3 is 10.4 Å². The molecule has 2 rings (SSSR count). The average Bonchev–Trinajstić information content (AvgIpc) is 2.93. The molecule has 21 heavy (non-hydrogen) atoms. The minimum absolute atomic E-state index is 0.0840. The largest absolute Gasteiger partial charge is 0.394 e. The van der Waals surface area contributed by atoms with Crippen LogP contribution in [0.25, 0.3) is 0 Å². The molecule has 0 amide bonds. The van der Waals surface area contributed by atoms with Crippen LogP contribution < -0.4 is 5.32 Å². The summed E-state index contributed by atoms with van der Waals surface area (Å²) in [5.41, 5.74) is 3.62. The molecule has 2 unspecified atom stereocenters. The fraction of sp³-hybridized carbons (Fsp3) is 0.824. The van der Waals surface area contributed by atoms with E-state index in [0.717, 1.165) is 25.1 Å². The van der Waals surface area contributed by atoms with Gasteiger partial charge in [0, 0.05) is 23.8 Å². The van der Waals surface area contributed by atoms with E-state index < -0.39 is 0 Å². The number of rotatable bonds is 6. The van der Waals surface area contributed by atoms with Crippen LogP contribution in [-0.4, -0.2) is 33.1 Å². The van der Waals surface area contributed by atoms with Gasteiger partial charge in [-0.3, -0.25) is 4.68 Å². The van der Waals surface area contributed by atoms with Crippen molar-refractivity contribution >= 4 is 0 Å². The van der Waals surface area contributed by atoms with Gasteiger partial charge in [0.1, 0.15) is 0 Å². The number of aliphatic hydroxyl groups is 1. The quantitative estimate of drug-likeness (QED) is 0.848. The normalized spacial score (nSPS) is 26.0. The first kappa shape index (κ1) is 16.5. The van der Waals surface area contributed by atoms with Crippen molar-refractivity contribution in [1.29, 1.82) is 0 Å². The lowest BCUT2D eigenvalue weighted by Crippen LogP contribution is -2.54. The molecule has 0 radical (unpaired) electrons. The van der Waals surface area contributed by atoms with Gasteiger partial charge in [0.25, 0.3) is 0 Å². The predicted molar refractivity (Wildman–Crippen MR) is 86.5 cm³/mol. The highest BCUT2D eigenvalue weighted by atomic mass is 16.3. The van der Waals surface area contributed by atoms with Gasteiger partial charge in [0.2, 0.25) is 0 Å². The maximum Gasteiger partial charge on any atom is 0.0625 e. The Balaban J connectivity index is 2.05. The van der Waals surface area contributed by atoms with Crippen LogP contribution in [0.1, 0.15) is 56.5 Å². The molecule has 4 heteroatoms. The fourth-order valence-corrected chi connectivity index (χ4v) is 3.87. The molecule has 2 atom stereocenters. The maximum atomic E-state index is 9.95. The molecule has 0 spiro atoms. The standard InChI is InChI=1S/C17H31N3O/c1-12(2)18-17(11-21)9-6-7-16(17)8-10-20-15(5)13(3)14(4)19-20/h12,16,18,21H,6-11H2,1-5H3. The Labute approximate surface area is 128 Å². The Morgan fingerprint density at radius 1 is 1.38 bits per heavy atom. The fourth-order valence-electron chi connectivity index (χ4n) is 3.87. The molecule has 1 aliphatic carbocycles. The average molecular weight is 293 g/mol. The van der Waals surface area contributed by atoms with E-state index in [9.17, 15) is 5.11 Å². The third-order valence-corrected chi connectivity index (χ3v) is 5.25. The molecular formula is C17H31N3O. The van der Waals surface area contributed by atoms with Gasteiger partial charge in [-0.25, -0.2) is 0 Å². The zero-order valence-corrected chi connectivity index (χ0v) is 14.2. The van der Waals surface area contributed by atoms with Crippen molar-refractivity contribution in [3.05, 3.63) is 17.0 Å². The molecule has 0 saturated heterocycles. The number of hydrogen-bond donors (Lipinski definition) is 2. The molecule has 0 aliphatic heterocycles. The van der Waals surface area contributed by atoms with Gasteiger partial charge in [-0.1, -0.05) is 20.3 Å². The summed E-state index contributed by atoms with van der Waals surface area (Å²) in [5.74, 6) is 0.536. The van der Waals surface area contributed by atoms with Crippen molar-refractivity contribution in [1.82, 2.24) is 15.1 Å². The van der Waals surface area contributed by atoms with E-state index >= 15 is 0 Å².